The summed E-state index contributed by atoms with van der Waals surface area (Å²) in [4.78, 5) is 90.2. The summed E-state index contributed by atoms with van der Waals surface area (Å²) in [6.07, 6.45) is 4.02. The fourth-order valence-corrected chi connectivity index (χ4v) is 7.19. The number of thioether (sulfide) groups is 1. The van der Waals surface area contributed by atoms with E-state index >= 15 is 0 Å². The zero-order chi connectivity index (χ0) is 41.7. The molecule has 2 rings (SSSR count). The number of hydrogen-bond donors (Lipinski definition) is 5. The van der Waals surface area contributed by atoms with E-state index in [9.17, 15) is 33.6 Å². The second kappa shape index (κ2) is 20.8. The highest BCUT2D eigenvalue weighted by Crippen LogP contribution is 2.35. The second-order valence-electron chi connectivity index (χ2n) is 15.2. The zero-order valence-corrected chi connectivity index (χ0v) is 34.6. The van der Waals surface area contributed by atoms with Crippen LogP contribution < -0.4 is 21.3 Å². The molecule has 5 amide bonds. The number of aliphatic carboxylic acids is 1. The van der Waals surface area contributed by atoms with Gasteiger partial charge in [-0.2, -0.15) is 0 Å². The van der Waals surface area contributed by atoms with E-state index in [-0.39, 0.29) is 68.1 Å². The molecule has 1 aromatic heterocycles. The Kier molecular flexibility index (Phi) is 17.6. The number of nitrogens with zero attached hydrogens (tertiary/aromatic N) is 3. The number of likely N-dealkylation sites (N-methyl/N-ethyl adjacent to an activating group) is 3. The first-order valence-corrected chi connectivity index (χ1v) is 19.2. The van der Waals surface area contributed by atoms with Crippen LogP contribution in [0.3, 0.4) is 0 Å². The first-order valence-electron chi connectivity index (χ1n) is 18.2. The van der Waals surface area contributed by atoms with Crippen LogP contribution in [0, 0.1) is 5.41 Å². The molecule has 55 heavy (non-hydrogen) atoms. The minimum absolute atomic E-state index is 0.0564. The molecule has 0 fully saturated rings. The summed E-state index contributed by atoms with van der Waals surface area (Å²) in [6, 6.07) is 6.46. The topological polar surface area (TPSA) is 199 Å². The number of nitrogens with one attached hydrogen (secondary N) is 4. The molecule has 1 heterocycles. The van der Waals surface area contributed by atoms with E-state index in [1.807, 2.05) is 76.7 Å². The molecule has 0 aliphatic heterocycles. The number of carboxylic acids is 1. The Morgan fingerprint density at radius 2 is 1.62 bits per heavy atom. The number of carbonyl (C=O) groups excluding carboxylic acids is 6. The molecule has 2 aromatic rings. The molecular weight excluding hydrogens is 727 g/mol. The summed E-state index contributed by atoms with van der Waals surface area (Å²) in [5.74, 6) is -2.81. The molecule has 15 nitrogen and oxygen atoms in total. The summed E-state index contributed by atoms with van der Waals surface area (Å²) in [5.41, 5.74) is 1.03. The normalized spacial score (nSPS) is 13.7. The van der Waals surface area contributed by atoms with Gasteiger partial charge in [-0.25, -0.2) is 0 Å². The van der Waals surface area contributed by atoms with Crippen molar-refractivity contribution in [3.63, 3.8) is 0 Å². The molecule has 5 N–H and O–H groups in total. The molecule has 0 spiro atoms. The van der Waals surface area contributed by atoms with E-state index in [4.69, 9.17) is 5.11 Å². The van der Waals surface area contributed by atoms with Crippen molar-refractivity contribution in [3.05, 3.63) is 47.7 Å². The third-order valence-corrected chi connectivity index (χ3v) is 10.7. The molecule has 0 saturated heterocycles. The number of aldehydes is 1. The number of aryl methyl sites for hydroxylation is 1. The van der Waals surface area contributed by atoms with E-state index in [2.05, 4.69) is 21.3 Å². The van der Waals surface area contributed by atoms with Gasteiger partial charge in [0, 0.05) is 81.0 Å². The van der Waals surface area contributed by atoms with Gasteiger partial charge in [-0.15, -0.1) is 11.8 Å². The van der Waals surface area contributed by atoms with Crippen molar-refractivity contribution < 1.29 is 38.7 Å². The van der Waals surface area contributed by atoms with Crippen molar-refractivity contribution in [1.82, 2.24) is 35.6 Å². The van der Waals surface area contributed by atoms with Crippen molar-refractivity contribution in [2.24, 2.45) is 12.5 Å². The maximum Gasteiger partial charge on any atom is 0.304 e. The first-order chi connectivity index (χ1) is 25.7. The summed E-state index contributed by atoms with van der Waals surface area (Å²) in [7, 11) is 6.81. The van der Waals surface area contributed by atoms with Gasteiger partial charge in [0.1, 0.15) is 12.3 Å². The van der Waals surface area contributed by atoms with Crippen LogP contribution in [0.1, 0.15) is 59.9 Å². The van der Waals surface area contributed by atoms with Crippen LogP contribution >= 0.6 is 11.8 Å². The van der Waals surface area contributed by atoms with Crippen LogP contribution in [0.5, 0.6) is 0 Å². The van der Waals surface area contributed by atoms with Gasteiger partial charge in [0.2, 0.25) is 29.5 Å². The number of rotatable bonds is 21. The molecule has 0 aliphatic carbocycles. The Balaban J connectivity index is 1.96. The average Bonchev–Trinajstić information content (AvgIpc) is 3.47. The fraction of sp³-hybridized carbons (Fsp3) is 0.564. The lowest BCUT2D eigenvalue weighted by molar-refractivity contribution is -0.139. The van der Waals surface area contributed by atoms with E-state index in [0.29, 0.717) is 6.29 Å². The van der Waals surface area contributed by atoms with Gasteiger partial charge in [0.05, 0.1) is 24.3 Å². The number of carbonyl (C=O) groups is 7. The minimum Gasteiger partial charge on any atom is -0.481 e. The highest BCUT2D eigenvalue weighted by Gasteiger charge is 2.41. The van der Waals surface area contributed by atoms with Crippen molar-refractivity contribution in [3.8, 4) is 0 Å². The Labute approximate surface area is 328 Å². The monoisotopic (exact) mass is 785 g/mol. The molecule has 304 valence electrons. The molecule has 16 heteroatoms. The van der Waals surface area contributed by atoms with E-state index in [1.165, 1.54) is 16.8 Å². The number of para-hydroxylation sites is 1. The van der Waals surface area contributed by atoms with Gasteiger partial charge in [-0.05, 0) is 31.0 Å². The summed E-state index contributed by atoms with van der Waals surface area (Å²) in [5, 5.41) is 20.5. The summed E-state index contributed by atoms with van der Waals surface area (Å²) >= 11 is 1.09. The lowest BCUT2D eigenvalue weighted by Crippen LogP contribution is -2.60. The lowest BCUT2D eigenvalue weighted by Gasteiger charge is -2.38. The van der Waals surface area contributed by atoms with E-state index in [1.54, 1.807) is 27.1 Å². The number of benzene rings is 1. The molecular formula is C39H59N7O8S. The molecule has 0 radical (unpaired) electrons. The van der Waals surface area contributed by atoms with E-state index < -0.39 is 45.9 Å². The third-order valence-electron chi connectivity index (χ3n) is 9.44. The Hall–Kier alpha value is -4.70. The lowest BCUT2D eigenvalue weighted by atomic mass is 9.76. The zero-order valence-electron chi connectivity index (χ0n) is 33.8. The number of amides is 5. The Morgan fingerprint density at radius 3 is 2.22 bits per heavy atom. The van der Waals surface area contributed by atoms with Crippen molar-refractivity contribution >= 4 is 64.5 Å². The standard InChI is InChI=1S/C39H59N7O8S/c1-25(34(51)42-23-30(48)41-18-20-45(9)36(53)29(16-21-47)55-22-17-31(49)50)15-19-44(8)37(54)33(38(2,3)4)43-35(52)32(40-7)39(5,6)27-24-46(10)28-14-12-11-13-26(27)28/h11-15,21,24,29,32-33,40H,16-20,22-23H2,1-10H3,(H,41,48)(H,42,51)(H,43,52)(H,49,50)/b25-15+/t29?,32-,33?/m1/s1. The molecule has 0 saturated carbocycles. The second-order valence-corrected chi connectivity index (χ2v) is 16.5. The van der Waals surface area contributed by atoms with Crippen LogP contribution in [0.4, 0.5) is 0 Å². The van der Waals surface area contributed by atoms with Crippen LogP contribution in [-0.4, -0.2) is 132 Å². The van der Waals surface area contributed by atoms with Crippen LogP contribution in [0.2, 0.25) is 0 Å². The summed E-state index contributed by atoms with van der Waals surface area (Å²) in [6.45, 7) is 11.2. The Morgan fingerprint density at radius 1 is 0.964 bits per heavy atom. The first kappa shape index (κ1) is 46.5. The highest BCUT2D eigenvalue weighted by atomic mass is 32.2. The minimum atomic E-state index is -0.996. The van der Waals surface area contributed by atoms with Gasteiger partial charge in [-0.1, -0.05) is 58.9 Å². The van der Waals surface area contributed by atoms with Gasteiger partial charge in [0.25, 0.3) is 0 Å². The van der Waals surface area contributed by atoms with Gasteiger partial charge >= 0.3 is 5.97 Å². The van der Waals surface area contributed by atoms with Gasteiger partial charge in [0.15, 0.2) is 0 Å². The predicted octanol–water partition coefficient (Wildman–Crippen LogP) is 1.84. The largest absolute Gasteiger partial charge is 0.481 e. The number of carboxylic acid groups (broad SMARTS) is 1. The maximum absolute atomic E-state index is 13.9. The van der Waals surface area contributed by atoms with Crippen LogP contribution in [0.25, 0.3) is 10.9 Å². The van der Waals surface area contributed by atoms with Crippen molar-refractivity contribution in [1.29, 1.82) is 0 Å². The number of fused-ring (bicyclic) bond motifs is 1. The maximum atomic E-state index is 13.9. The molecule has 3 atom stereocenters. The van der Waals surface area contributed by atoms with Crippen LogP contribution in [0.15, 0.2) is 42.1 Å². The van der Waals surface area contributed by atoms with Crippen molar-refractivity contribution in [2.75, 3.05) is 53.1 Å². The Bertz CT molecular complexity index is 1730. The smallest absolute Gasteiger partial charge is 0.304 e. The number of hydrogen-bond acceptors (Lipinski definition) is 9. The highest BCUT2D eigenvalue weighted by molar-refractivity contribution is 8.00. The average molecular weight is 786 g/mol. The van der Waals surface area contributed by atoms with Crippen molar-refractivity contribution in [2.45, 2.75) is 77.1 Å². The van der Waals surface area contributed by atoms with Crippen LogP contribution in [-0.2, 0) is 46.0 Å². The van der Waals surface area contributed by atoms with Gasteiger partial charge < -0.3 is 45.5 Å². The molecule has 1 aromatic carbocycles. The quantitative estimate of drug-likeness (QED) is 0.0920. The molecule has 0 aliphatic rings. The summed E-state index contributed by atoms with van der Waals surface area (Å²) < 4.78 is 2.04. The number of aromatic nitrogens is 1. The SMILES string of the molecule is CN[C@H](C(=O)NC(C(=O)N(C)C/C=C(\C)C(=O)NCC(=O)NCCN(C)C(=O)C(CC=O)SCCC(=O)O)C(C)(C)C)C(C)(C)c1cn(C)c2ccccc12. The fourth-order valence-electron chi connectivity index (χ4n) is 6.08. The van der Waals surface area contributed by atoms with E-state index in [0.717, 1.165) is 28.2 Å². The molecule has 2 unspecified atom stereocenters. The third kappa shape index (κ3) is 13.2. The van der Waals surface area contributed by atoms with Gasteiger partial charge in [-0.3, -0.25) is 28.8 Å². The predicted molar refractivity (Wildman–Crippen MR) is 214 cm³/mol. The molecule has 0 bridgehead atoms.